The van der Waals surface area contributed by atoms with Crippen LogP contribution in [0.5, 0.6) is 0 Å². The average Bonchev–Trinajstić information content (AvgIpc) is 2.51. The van der Waals surface area contributed by atoms with Crippen LogP contribution in [0.3, 0.4) is 0 Å². The number of anilines is 1. The summed E-state index contributed by atoms with van der Waals surface area (Å²) in [6.45, 7) is 1.67. The van der Waals surface area contributed by atoms with E-state index < -0.39 is 23.7 Å². The van der Waals surface area contributed by atoms with E-state index in [1.54, 1.807) is 6.92 Å². The van der Waals surface area contributed by atoms with Gasteiger partial charge in [0, 0.05) is 26.9 Å². The highest BCUT2D eigenvalue weighted by molar-refractivity contribution is 6.33. The summed E-state index contributed by atoms with van der Waals surface area (Å²) >= 11 is 5.91. The molecule has 158 valence electrons. The second kappa shape index (κ2) is 10.5. The molecule has 0 saturated carbocycles. The molecule has 28 heavy (non-hydrogen) atoms. The summed E-state index contributed by atoms with van der Waals surface area (Å²) in [5.41, 5.74) is 2.30. The molecule has 1 aromatic rings. The van der Waals surface area contributed by atoms with E-state index in [2.05, 4.69) is 10.5 Å². The van der Waals surface area contributed by atoms with E-state index in [4.69, 9.17) is 26.6 Å². The predicted molar refractivity (Wildman–Crippen MR) is 90.8 cm³/mol. The Morgan fingerprint density at radius 1 is 1.32 bits per heavy atom. The second-order valence-corrected chi connectivity index (χ2v) is 5.95. The van der Waals surface area contributed by atoms with Gasteiger partial charge in [0.15, 0.2) is 0 Å². The molecule has 1 amide bonds. The number of rotatable bonds is 6. The third-order valence-electron chi connectivity index (χ3n) is 3.01. The lowest BCUT2D eigenvalue weighted by Crippen LogP contribution is -2.41. The maximum atomic E-state index is 11.8. The number of hydrogen-bond donors (Lipinski definition) is 3. The molecule has 0 aliphatic heterocycles. The minimum absolute atomic E-state index is 0.0481. The number of carbonyl (C=O) groups excluding carboxylic acids is 1. The minimum Gasteiger partial charge on any atom is -0.481 e. The molecule has 10 nitrogen and oxygen atoms in total. The number of amides is 1. The Kier molecular flexibility index (Phi) is 9.43. The zero-order valence-corrected chi connectivity index (χ0v) is 15.7. The normalized spacial score (nSPS) is 11.7. The van der Waals surface area contributed by atoms with Crippen molar-refractivity contribution in [2.75, 3.05) is 12.1 Å². The van der Waals surface area contributed by atoms with Crippen LogP contribution in [-0.4, -0.2) is 51.1 Å². The molecule has 0 aliphatic rings. The van der Waals surface area contributed by atoms with E-state index in [0.717, 1.165) is 4.68 Å². The summed E-state index contributed by atoms with van der Waals surface area (Å²) < 4.78 is 32.8. The van der Waals surface area contributed by atoms with Crippen molar-refractivity contribution in [3.05, 3.63) is 21.6 Å². The summed E-state index contributed by atoms with van der Waals surface area (Å²) in [4.78, 5) is 42.9. The van der Waals surface area contributed by atoms with Gasteiger partial charge in [-0.1, -0.05) is 18.5 Å². The molecule has 14 heteroatoms. The van der Waals surface area contributed by atoms with Gasteiger partial charge in [-0.15, -0.1) is 0 Å². The minimum atomic E-state index is -5.08. The van der Waals surface area contributed by atoms with Crippen LogP contribution in [0.4, 0.5) is 18.9 Å². The topological polar surface area (TPSA) is 142 Å². The summed E-state index contributed by atoms with van der Waals surface area (Å²) in [6.07, 6.45) is -3.78. The van der Waals surface area contributed by atoms with Gasteiger partial charge in [-0.05, 0) is 5.92 Å². The highest BCUT2D eigenvalue weighted by Gasteiger charge is 2.38. The average molecular weight is 431 g/mol. The van der Waals surface area contributed by atoms with E-state index in [9.17, 15) is 27.6 Å². The van der Waals surface area contributed by atoms with E-state index in [0.29, 0.717) is 0 Å². The van der Waals surface area contributed by atoms with Crippen molar-refractivity contribution in [3.8, 4) is 0 Å². The van der Waals surface area contributed by atoms with E-state index in [1.807, 2.05) is 0 Å². The number of halogens is 4. The zero-order chi connectivity index (χ0) is 22.2. The summed E-state index contributed by atoms with van der Waals surface area (Å²) in [5.74, 6) is -4.38. The van der Waals surface area contributed by atoms with Gasteiger partial charge in [-0.25, -0.2) is 9.48 Å². The molecular weight excluding hydrogens is 413 g/mol. The van der Waals surface area contributed by atoms with E-state index in [1.165, 1.54) is 25.3 Å². The number of nitrogens with zero attached hydrogens (tertiary/aromatic N) is 3. The van der Waals surface area contributed by atoms with Crippen molar-refractivity contribution in [2.45, 2.75) is 25.9 Å². The summed E-state index contributed by atoms with van der Waals surface area (Å²) in [6, 6.07) is 0. The first kappa shape index (κ1) is 25.2. The maximum Gasteiger partial charge on any atom is 0.490 e. The third-order valence-corrected chi connectivity index (χ3v) is 3.37. The number of aryl methyl sites for hydroxylation is 1. The van der Waals surface area contributed by atoms with Crippen LogP contribution in [0.25, 0.3) is 0 Å². The quantitative estimate of drug-likeness (QED) is 0.568. The van der Waals surface area contributed by atoms with Gasteiger partial charge < -0.3 is 10.2 Å². The zero-order valence-electron chi connectivity index (χ0n) is 14.9. The van der Waals surface area contributed by atoms with Crippen LogP contribution < -0.4 is 16.0 Å². The van der Waals surface area contributed by atoms with Gasteiger partial charge in [0.1, 0.15) is 10.7 Å². The van der Waals surface area contributed by atoms with E-state index >= 15 is 0 Å². The SMILES string of the molecule is CC(CC(=O)O)CC(=O)NN(C)c1cnn(C)c(=O)c1Cl.O=C(O)C(F)(F)F. The summed E-state index contributed by atoms with van der Waals surface area (Å²) in [7, 11) is 2.98. The molecule has 1 atom stereocenters. The number of hydrogen-bond acceptors (Lipinski definition) is 6. The standard InChI is InChI=1S/C12H17ClN4O4.C2HF3O2/c1-7(5-10(19)20)4-9(18)15-16(2)8-6-14-17(3)12(21)11(8)13;3-2(4,5)1(6)7/h6-7H,4-5H2,1-3H3,(H,15,18)(H,19,20);(H,6,7). The number of alkyl halides is 3. The molecule has 0 bridgehead atoms. The molecule has 1 aromatic heterocycles. The predicted octanol–water partition coefficient (Wildman–Crippen LogP) is 1.04. The Morgan fingerprint density at radius 3 is 2.25 bits per heavy atom. The molecule has 3 N–H and O–H groups in total. The first-order chi connectivity index (χ1) is 12.7. The van der Waals surface area contributed by atoms with Gasteiger partial charge in [0.2, 0.25) is 5.91 Å². The Balaban J connectivity index is 0.000000887. The lowest BCUT2D eigenvalue weighted by atomic mass is 10.0. The molecule has 0 aliphatic carbocycles. The number of aliphatic carboxylic acids is 2. The Hall–Kier alpha value is -2.83. The Bertz CT molecular complexity index is 783. The lowest BCUT2D eigenvalue weighted by Gasteiger charge is -2.21. The van der Waals surface area contributed by atoms with Gasteiger partial charge in [-0.2, -0.15) is 18.3 Å². The maximum absolute atomic E-state index is 11.8. The highest BCUT2D eigenvalue weighted by Crippen LogP contribution is 2.18. The van der Waals surface area contributed by atoms with Crippen LogP contribution in [0.2, 0.25) is 5.02 Å². The van der Waals surface area contributed by atoms with Crippen LogP contribution in [0.15, 0.2) is 11.0 Å². The number of hydrazine groups is 1. The fraction of sp³-hybridized carbons (Fsp3) is 0.500. The largest absolute Gasteiger partial charge is 0.490 e. The monoisotopic (exact) mass is 430 g/mol. The first-order valence-electron chi connectivity index (χ1n) is 7.43. The second-order valence-electron chi connectivity index (χ2n) is 5.58. The molecule has 0 aromatic carbocycles. The van der Waals surface area contributed by atoms with Crippen molar-refractivity contribution < 1.29 is 37.8 Å². The van der Waals surface area contributed by atoms with Crippen LogP contribution >= 0.6 is 11.6 Å². The van der Waals surface area contributed by atoms with Crippen molar-refractivity contribution in [2.24, 2.45) is 13.0 Å². The number of carbonyl (C=O) groups is 3. The molecule has 0 saturated heterocycles. The highest BCUT2D eigenvalue weighted by atomic mass is 35.5. The van der Waals surface area contributed by atoms with Crippen LogP contribution in [0.1, 0.15) is 19.8 Å². The third kappa shape index (κ3) is 8.70. The molecule has 1 rings (SSSR count). The van der Waals surface area contributed by atoms with Gasteiger partial charge in [0.05, 0.1) is 6.20 Å². The molecule has 0 radical (unpaired) electrons. The fourth-order valence-corrected chi connectivity index (χ4v) is 2.01. The van der Waals surface area contributed by atoms with Gasteiger partial charge >= 0.3 is 18.1 Å². The first-order valence-corrected chi connectivity index (χ1v) is 7.81. The van der Waals surface area contributed by atoms with Gasteiger partial charge in [-0.3, -0.25) is 24.8 Å². The van der Waals surface area contributed by atoms with Crippen molar-refractivity contribution in [3.63, 3.8) is 0 Å². The molecule has 0 fully saturated rings. The number of carboxylic acids is 2. The van der Waals surface area contributed by atoms with E-state index in [-0.39, 0.29) is 35.4 Å². The van der Waals surface area contributed by atoms with Crippen LogP contribution in [-0.2, 0) is 21.4 Å². The number of aromatic nitrogens is 2. The molecule has 1 unspecified atom stereocenters. The molecular formula is C14H18ClF3N4O6. The Morgan fingerprint density at radius 2 is 1.82 bits per heavy atom. The molecule has 0 spiro atoms. The smallest absolute Gasteiger partial charge is 0.481 e. The van der Waals surface area contributed by atoms with Crippen molar-refractivity contribution >= 4 is 35.1 Å². The van der Waals surface area contributed by atoms with Crippen LogP contribution in [0, 0.1) is 5.92 Å². The van der Waals surface area contributed by atoms with Crippen molar-refractivity contribution in [1.82, 2.24) is 15.2 Å². The number of carboxylic acid groups (broad SMARTS) is 2. The van der Waals surface area contributed by atoms with Gasteiger partial charge in [0.25, 0.3) is 5.56 Å². The number of nitrogens with one attached hydrogen (secondary N) is 1. The molecule has 1 heterocycles. The lowest BCUT2D eigenvalue weighted by molar-refractivity contribution is -0.192. The van der Waals surface area contributed by atoms with Crippen molar-refractivity contribution in [1.29, 1.82) is 0 Å². The fourth-order valence-electron chi connectivity index (χ4n) is 1.72. The Labute approximate surface area is 161 Å². The summed E-state index contributed by atoms with van der Waals surface area (Å²) in [5, 5.41) is 20.8.